The first-order valence-corrected chi connectivity index (χ1v) is 5.95. The van der Waals surface area contributed by atoms with Gasteiger partial charge in [0.05, 0.1) is 6.61 Å². The Hall–Kier alpha value is -2.08. The number of carbonyl (C=O) groups is 1. The van der Waals surface area contributed by atoms with Crippen LogP contribution in [0.5, 0.6) is 0 Å². The van der Waals surface area contributed by atoms with Gasteiger partial charge in [0.25, 0.3) is 0 Å². The molecule has 1 unspecified atom stereocenters. The van der Waals surface area contributed by atoms with Crippen molar-refractivity contribution in [3.63, 3.8) is 0 Å². The molecule has 1 aromatic carbocycles. The van der Waals surface area contributed by atoms with Crippen molar-refractivity contribution in [2.45, 2.75) is 13.0 Å². The predicted molar refractivity (Wildman–Crippen MR) is 69.9 cm³/mol. The Bertz CT molecular complexity index is 591. The first-order chi connectivity index (χ1) is 9.02. The minimum atomic E-state index is -1.49. The summed E-state index contributed by atoms with van der Waals surface area (Å²) in [5.41, 5.74) is 2.06. The molecule has 0 spiro atoms. The second kappa shape index (κ2) is 5.27. The number of hydrogen-bond acceptors (Lipinski definition) is 6. The fraction of sp³-hybridized carbons (Fsp3) is 0.385. The molecule has 1 aromatic heterocycles. The van der Waals surface area contributed by atoms with E-state index in [1.807, 2.05) is 31.1 Å². The van der Waals surface area contributed by atoms with Gasteiger partial charge in [0.15, 0.2) is 5.58 Å². The molecule has 2 rings (SSSR count). The molecule has 6 heteroatoms. The zero-order valence-corrected chi connectivity index (χ0v) is 11.1. The average Bonchev–Trinajstić information content (AvgIpc) is 2.80. The summed E-state index contributed by atoms with van der Waals surface area (Å²) in [6.45, 7) is 1.86. The average molecular weight is 264 g/mol. The van der Waals surface area contributed by atoms with Gasteiger partial charge in [-0.05, 0) is 25.1 Å². The number of aromatic nitrogens is 1. The van der Waals surface area contributed by atoms with Crippen LogP contribution in [0.3, 0.4) is 0 Å². The normalized spacial score (nSPS) is 12.4. The first-order valence-electron chi connectivity index (χ1n) is 5.95. The van der Waals surface area contributed by atoms with Crippen molar-refractivity contribution in [2.75, 3.05) is 25.6 Å². The summed E-state index contributed by atoms with van der Waals surface area (Å²) >= 11 is 0. The fourth-order valence-corrected chi connectivity index (χ4v) is 1.65. The molecule has 0 saturated heterocycles. The number of benzene rings is 1. The molecule has 0 aliphatic carbocycles. The highest BCUT2D eigenvalue weighted by atomic mass is 16.5. The minimum absolute atomic E-state index is 0.0515. The number of rotatable bonds is 4. The number of esters is 1. The Morgan fingerprint density at radius 1 is 1.53 bits per heavy atom. The van der Waals surface area contributed by atoms with E-state index in [2.05, 4.69) is 4.98 Å². The largest absolute Gasteiger partial charge is 0.464 e. The lowest BCUT2D eigenvalue weighted by molar-refractivity contribution is -0.154. The molecule has 0 bridgehead atoms. The van der Waals surface area contributed by atoms with Crippen molar-refractivity contribution in [3.8, 4) is 0 Å². The molecule has 102 valence electrons. The summed E-state index contributed by atoms with van der Waals surface area (Å²) in [4.78, 5) is 17.5. The fourth-order valence-electron chi connectivity index (χ4n) is 1.65. The van der Waals surface area contributed by atoms with Crippen LogP contribution in [0.4, 0.5) is 5.69 Å². The number of aliphatic hydroxyl groups excluding tert-OH is 1. The number of fused-ring (bicyclic) bond motifs is 1. The Balaban J connectivity index is 2.33. The van der Waals surface area contributed by atoms with E-state index in [1.165, 1.54) is 0 Å². The van der Waals surface area contributed by atoms with Crippen LogP contribution in [0, 0.1) is 0 Å². The van der Waals surface area contributed by atoms with Crippen LogP contribution in [0.2, 0.25) is 0 Å². The molecule has 0 amide bonds. The lowest BCUT2D eigenvalue weighted by Gasteiger charge is -2.10. The zero-order valence-electron chi connectivity index (χ0n) is 11.1. The van der Waals surface area contributed by atoms with Crippen molar-refractivity contribution in [2.24, 2.45) is 0 Å². The smallest absolute Gasteiger partial charge is 0.344 e. The van der Waals surface area contributed by atoms with Crippen molar-refractivity contribution in [1.29, 1.82) is 0 Å². The standard InChI is InChI=1S/C13H16N2O4/c1-4-18-13(17)11(16)12-14-9-7-8(15(2)3)5-6-10(9)19-12/h5-7,11,16H,4H2,1-3H3. The van der Waals surface area contributed by atoms with E-state index in [4.69, 9.17) is 9.15 Å². The maximum Gasteiger partial charge on any atom is 0.344 e. The summed E-state index contributed by atoms with van der Waals surface area (Å²) in [6, 6.07) is 5.44. The monoisotopic (exact) mass is 264 g/mol. The van der Waals surface area contributed by atoms with Gasteiger partial charge in [0.1, 0.15) is 5.52 Å². The van der Waals surface area contributed by atoms with Crippen LogP contribution in [0.1, 0.15) is 18.9 Å². The quantitative estimate of drug-likeness (QED) is 0.843. The van der Waals surface area contributed by atoms with Crippen molar-refractivity contribution in [3.05, 3.63) is 24.1 Å². The van der Waals surface area contributed by atoms with Gasteiger partial charge in [-0.25, -0.2) is 9.78 Å². The van der Waals surface area contributed by atoms with Crippen LogP contribution in [0.25, 0.3) is 11.1 Å². The van der Waals surface area contributed by atoms with Crippen molar-refractivity contribution < 1.29 is 19.1 Å². The number of ether oxygens (including phenoxy) is 1. The third-order valence-corrected chi connectivity index (χ3v) is 2.65. The number of hydrogen-bond donors (Lipinski definition) is 1. The van der Waals surface area contributed by atoms with Gasteiger partial charge >= 0.3 is 5.97 Å². The van der Waals surface area contributed by atoms with Gasteiger partial charge in [-0.3, -0.25) is 0 Å². The molecule has 0 aliphatic heterocycles. The van der Waals surface area contributed by atoms with Crippen molar-refractivity contribution >= 4 is 22.8 Å². The number of aliphatic hydroxyl groups is 1. The van der Waals surface area contributed by atoms with Gasteiger partial charge in [0, 0.05) is 19.8 Å². The summed E-state index contributed by atoms with van der Waals surface area (Å²) in [6.07, 6.45) is -1.49. The Kier molecular flexibility index (Phi) is 3.71. The molecular formula is C13H16N2O4. The number of anilines is 1. The topological polar surface area (TPSA) is 75.8 Å². The van der Waals surface area contributed by atoms with Gasteiger partial charge in [-0.1, -0.05) is 0 Å². The third-order valence-electron chi connectivity index (χ3n) is 2.65. The third kappa shape index (κ3) is 2.68. The molecular weight excluding hydrogens is 248 g/mol. The molecule has 0 saturated carbocycles. The number of nitrogens with zero attached hydrogens (tertiary/aromatic N) is 2. The van der Waals surface area contributed by atoms with E-state index in [1.54, 1.807) is 13.0 Å². The molecule has 0 aliphatic rings. The van der Waals surface area contributed by atoms with E-state index in [0.717, 1.165) is 5.69 Å². The van der Waals surface area contributed by atoms with Gasteiger partial charge < -0.3 is 19.2 Å². The highest BCUT2D eigenvalue weighted by molar-refractivity contribution is 5.80. The Morgan fingerprint density at radius 2 is 2.26 bits per heavy atom. The molecule has 19 heavy (non-hydrogen) atoms. The number of carbonyl (C=O) groups excluding carboxylic acids is 1. The maximum atomic E-state index is 11.4. The first kappa shape index (κ1) is 13.4. The van der Waals surface area contributed by atoms with Gasteiger partial charge in [-0.15, -0.1) is 0 Å². The summed E-state index contributed by atoms with van der Waals surface area (Å²) < 4.78 is 10.1. The molecule has 0 fully saturated rings. The van der Waals surface area contributed by atoms with Crippen LogP contribution in [0.15, 0.2) is 22.6 Å². The van der Waals surface area contributed by atoms with E-state index in [9.17, 15) is 9.90 Å². The lowest BCUT2D eigenvalue weighted by atomic mass is 10.3. The molecule has 2 aromatic rings. The lowest BCUT2D eigenvalue weighted by Crippen LogP contribution is -2.15. The van der Waals surface area contributed by atoms with Crippen LogP contribution < -0.4 is 4.90 Å². The van der Waals surface area contributed by atoms with Crippen LogP contribution in [-0.4, -0.2) is 36.8 Å². The second-order valence-corrected chi connectivity index (χ2v) is 4.25. The minimum Gasteiger partial charge on any atom is -0.464 e. The molecule has 1 N–H and O–H groups in total. The molecule has 0 radical (unpaired) electrons. The van der Waals surface area contributed by atoms with E-state index in [-0.39, 0.29) is 12.5 Å². The van der Waals surface area contributed by atoms with E-state index >= 15 is 0 Å². The van der Waals surface area contributed by atoms with Gasteiger partial charge in [-0.2, -0.15) is 0 Å². The zero-order chi connectivity index (χ0) is 14.0. The predicted octanol–water partition coefficient (Wildman–Crippen LogP) is 1.49. The van der Waals surface area contributed by atoms with E-state index in [0.29, 0.717) is 11.1 Å². The molecule has 1 atom stereocenters. The maximum absolute atomic E-state index is 11.4. The van der Waals surface area contributed by atoms with E-state index < -0.39 is 12.1 Å². The molecule has 6 nitrogen and oxygen atoms in total. The second-order valence-electron chi connectivity index (χ2n) is 4.25. The Morgan fingerprint density at radius 3 is 2.89 bits per heavy atom. The molecule has 1 heterocycles. The summed E-state index contributed by atoms with van der Waals surface area (Å²) in [5.74, 6) is -0.814. The highest BCUT2D eigenvalue weighted by Gasteiger charge is 2.24. The highest BCUT2D eigenvalue weighted by Crippen LogP contribution is 2.24. The summed E-state index contributed by atoms with van der Waals surface area (Å²) in [5, 5.41) is 9.76. The SMILES string of the molecule is CCOC(=O)C(O)c1nc2cc(N(C)C)ccc2o1. The van der Waals surface area contributed by atoms with Gasteiger partial charge in [0.2, 0.25) is 12.0 Å². The van der Waals surface area contributed by atoms with Crippen LogP contribution >= 0.6 is 0 Å². The number of oxazole rings is 1. The summed E-state index contributed by atoms with van der Waals surface area (Å²) in [7, 11) is 3.82. The Labute approximate surface area is 110 Å². The van der Waals surface area contributed by atoms with Crippen LogP contribution in [-0.2, 0) is 9.53 Å². The van der Waals surface area contributed by atoms with Crippen molar-refractivity contribution in [1.82, 2.24) is 4.98 Å².